The molecule has 0 fully saturated rings. The van der Waals surface area contributed by atoms with Gasteiger partial charge in [-0.15, -0.1) is 5.10 Å². The quantitative estimate of drug-likeness (QED) is 0.779. The van der Waals surface area contributed by atoms with Gasteiger partial charge >= 0.3 is 5.97 Å². The number of aromatic carboxylic acids is 1. The molecule has 1 aromatic carbocycles. The van der Waals surface area contributed by atoms with Crippen LogP contribution in [0.2, 0.25) is 5.02 Å². The average Bonchev–Trinajstić information content (AvgIpc) is 2.82. The Morgan fingerprint density at radius 3 is 2.63 bits per heavy atom. The molecule has 0 saturated carbocycles. The minimum atomic E-state index is -1.03. The monoisotopic (exact) mass is 273 g/mol. The SMILES string of the molecule is O=C(O)c1cccn2nc(-c3ccc(Cl)cc3)nc12. The van der Waals surface area contributed by atoms with Crippen molar-refractivity contribution in [3.8, 4) is 11.4 Å². The predicted octanol–water partition coefficient (Wildman–Crippen LogP) is 2.75. The number of benzene rings is 1. The van der Waals surface area contributed by atoms with E-state index in [1.54, 1.807) is 36.5 Å². The number of carbonyl (C=O) groups is 1. The van der Waals surface area contributed by atoms with Gasteiger partial charge in [0.05, 0.1) is 0 Å². The number of halogens is 1. The molecule has 3 aromatic rings. The molecule has 0 bridgehead atoms. The van der Waals surface area contributed by atoms with Crippen LogP contribution < -0.4 is 0 Å². The van der Waals surface area contributed by atoms with Crippen molar-refractivity contribution in [2.45, 2.75) is 0 Å². The number of carboxylic acid groups (broad SMARTS) is 1. The Morgan fingerprint density at radius 2 is 1.95 bits per heavy atom. The summed E-state index contributed by atoms with van der Waals surface area (Å²) in [4.78, 5) is 15.4. The lowest BCUT2D eigenvalue weighted by Gasteiger charge is -1.94. The van der Waals surface area contributed by atoms with Gasteiger partial charge in [-0.1, -0.05) is 11.6 Å². The summed E-state index contributed by atoms with van der Waals surface area (Å²) in [6.45, 7) is 0. The lowest BCUT2D eigenvalue weighted by atomic mass is 10.2. The Morgan fingerprint density at radius 1 is 1.21 bits per heavy atom. The molecule has 3 rings (SSSR count). The molecule has 6 heteroatoms. The Bertz CT molecular complexity index is 765. The number of hydrogen-bond donors (Lipinski definition) is 1. The van der Waals surface area contributed by atoms with Crippen LogP contribution in [0.5, 0.6) is 0 Å². The number of carboxylic acids is 1. The van der Waals surface area contributed by atoms with E-state index in [1.807, 2.05) is 0 Å². The molecule has 0 unspecified atom stereocenters. The molecular weight excluding hydrogens is 266 g/mol. The van der Waals surface area contributed by atoms with Crippen molar-refractivity contribution in [3.05, 3.63) is 53.2 Å². The zero-order valence-electron chi connectivity index (χ0n) is 9.62. The largest absolute Gasteiger partial charge is 0.478 e. The van der Waals surface area contributed by atoms with E-state index >= 15 is 0 Å². The Labute approximate surface area is 113 Å². The fourth-order valence-corrected chi connectivity index (χ4v) is 1.92. The molecule has 19 heavy (non-hydrogen) atoms. The highest BCUT2D eigenvalue weighted by Gasteiger charge is 2.13. The molecule has 94 valence electrons. The van der Waals surface area contributed by atoms with Crippen molar-refractivity contribution >= 4 is 23.2 Å². The van der Waals surface area contributed by atoms with Crippen molar-refractivity contribution in [1.29, 1.82) is 0 Å². The highest BCUT2D eigenvalue weighted by atomic mass is 35.5. The normalized spacial score (nSPS) is 10.8. The van der Waals surface area contributed by atoms with Gasteiger partial charge in [-0.2, -0.15) is 0 Å². The maximum absolute atomic E-state index is 11.1. The summed E-state index contributed by atoms with van der Waals surface area (Å²) in [6.07, 6.45) is 1.66. The maximum atomic E-state index is 11.1. The van der Waals surface area contributed by atoms with E-state index in [9.17, 15) is 4.79 Å². The van der Waals surface area contributed by atoms with Gasteiger partial charge in [0.25, 0.3) is 0 Å². The number of hydrogen-bond acceptors (Lipinski definition) is 3. The van der Waals surface area contributed by atoms with Crippen molar-refractivity contribution in [2.24, 2.45) is 0 Å². The number of pyridine rings is 1. The molecule has 0 saturated heterocycles. The Balaban J connectivity index is 2.19. The third-order valence-electron chi connectivity index (χ3n) is 2.70. The van der Waals surface area contributed by atoms with Crippen LogP contribution in [0.4, 0.5) is 0 Å². The highest BCUT2D eigenvalue weighted by molar-refractivity contribution is 6.30. The molecule has 0 aliphatic carbocycles. The second kappa shape index (κ2) is 4.37. The summed E-state index contributed by atoms with van der Waals surface area (Å²) in [5, 5.41) is 14.0. The maximum Gasteiger partial charge on any atom is 0.339 e. The first-order chi connectivity index (χ1) is 9.15. The van der Waals surface area contributed by atoms with Crippen molar-refractivity contribution in [3.63, 3.8) is 0 Å². The zero-order chi connectivity index (χ0) is 13.4. The van der Waals surface area contributed by atoms with E-state index in [0.717, 1.165) is 5.56 Å². The lowest BCUT2D eigenvalue weighted by molar-refractivity contribution is 0.0698. The molecule has 0 spiro atoms. The molecule has 0 atom stereocenters. The number of fused-ring (bicyclic) bond motifs is 1. The van der Waals surface area contributed by atoms with Gasteiger partial charge < -0.3 is 5.11 Å². The van der Waals surface area contributed by atoms with E-state index < -0.39 is 5.97 Å². The van der Waals surface area contributed by atoms with Gasteiger partial charge in [0.15, 0.2) is 11.5 Å². The van der Waals surface area contributed by atoms with Gasteiger partial charge in [0, 0.05) is 16.8 Å². The van der Waals surface area contributed by atoms with Crippen LogP contribution in [0, 0.1) is 0 Å². The van der Waals surface area contributed by atoms with Crippen LogP contribution in [0.15, 0.2) is 42.6 Å². The van der Waals surface area contributed by atoms with Crippen LogP contribution in [0.1, 0.15) is 10.4 Å². The van der Waals surface area contributed by atoms with Gasteiger partial charge in [-0.25, -0.2) is 14.3 Å². The first-order valence-electron chi connectivity index (χ1n) is 5.50. The Hall–Kier alpha value is -2.40. The molecule has 5 nitrogen and oxygen atoms in total. The zero-order valence-corrected chi connectivity index (χ0v) is 10.4. The number of aromatic nitrogens is 3. The Kier molecular flexibility index (Phi) is 2.68. The average molecular weight is 274 g/mol. The van der Waals surface area contributed by atoms with Crippen molar-refractivity contribution < 1.29 is 9.90 Å². The van der Waals surface area contributed by atoms with Gasteiger partial charge in [-0.3, -0.25) is 0 Å². The summed E-state index contributed by atoms with van der Waals surface area (Å²) < 4.78 is 1.45. The topological polar surface area (TPSA) is 67.5 Å². The summed E-state index contributed by atoms with van der Waals surface area (Å²) in [6, 6.07) is 10.2. The molecule has 0 aliphatic rings. The van der Waals surface area contributed by atoms with E-state index in [-0.39, 0.29) is 5.56 Å². The van der Waals surface area contributed by atoms with Crippen LogP contribution in [0.25, 0.3) is 17.0 Å². The second-order valence-corrected chi connectivity index (χ2v) is 4.37. The van der Waals surface area contributed by atoms with Crippen LogP contribution >= 0.6 is 11.6 Å². The summed E-state index contributed by atoms with van der Waals surface area (Å²) in [5.41, 5.74) is 1.22. The minimum Gasteiger partial charge on any atom is -0.478 e. The van der Waals surface area contributed by atoms with Gasteiger partial charge in [0.1, 0.15) is 5.56 Å². The van der Waals surface area contributed by atoms with Crippen molar-refractivity contribution in [2.75, 3.05) is 0 Å². The van der Waals surface area contributed by atoms with E-state index in [2.05, 4.69) is 10.1 Å². The van der Waals surface area contributed by atoms with Crippen LogP contribution in [-0.4, -0.2) is 25.7 Å². The molecule has 0 radical (unpaired) electrons. The van der Waals surface area contributed by atoms with Crippen LogP contribution in [0.3, 0.4) is 0 Å². The fraction of sp³-hybridized carbons (Fsp3) is 0. The molecule has 2 heterocycles. The summed E-state index contributed by atoms with van der Waals surface area (Å²) in [5.74, 6) is -0.564. The van der Waals surface area contributed by atoms with Gasteiger partial charge in [0.2, 0.25) is 0 Å². The lowest BCUT2D eigenvalue weighted by Crippen LogP contribution is -2.00. The van der Waals surface area contributed by atoms with Crippen molar-refractivity contribution in [1.82, 2.24) is 14.6 Å². The highest BCUT2D eigenvalue weighted by Crippen LogP contribution is 2.20. The van der Waals surface area contributed by atoms with E-state index in [0.29, 0.717) is 16.5 Å². The molecule has 0 aliphatic heterocycles. The molecular formula is C13H8ClN3O2. The molecule has 2 aromatic heterocycles. The predicted molar refractivity (Wildman–Crippen MR) is 70.4 cm³/mol. The first kappa shape index (κ1) is 11.7. The molecule has 0 amide bonds. The second-order valence-electron chi connectivity index (χ2n) is 3.94. The smallest absolute Gasteiger partial charge is 0.339 e. The standard InChI is InChI=1S/C13H8ClN3O2/c14-9-5-3-8(4-6-9)11-15-12-10(13(18)19)2-1-7-17(12)16-11/h1-7H,(H,18,19). The minimum absolute atomic E-state index is 0.121. The fourth-order valence-electron chi connectivity index (χ4n) is 1.79. The first-order valence-corrected chi connectivity index (χ1v) is 5.87. The third kappa shape index (κ3) is 2.04. The van der Waals surface area contributed by atoms with Gasteiger partial charge in [-0.05, 0) is 36.4 Å². The van der Waals surface area contributed by atoms with Crippen LogP contribution in [-0.2, 0) is 0 Å². The number of rotatable bonds is 2. The van der Waals surface area contributed by atoms with E-state index in [4.69, 9.17) is 16.7 Å². The summed E-state index contributed by atoms with van der Waals surface area (Å²) >= 11 is 5.82. The molecule has 1 N–H and O–H groups in total. The summed E-state index contributed by atoms with van der Waals surface area (Å²) in [7, 11) is 0. The third-order valence-corrected chi connectivity index (χ3v) is 2.95. The number of nitrogens with zero attached hydrogens (tertiary/aromatic N) is 3. The van der Waals surface area contributed by atoms with E-state index in [1.165, 1.54) is 10.6 Å².